The number of halogens is 1. The van der Waals surface area contributed by atoms with Crippen LogP contribution in [0.4, 0.5) is 21.9 Å². The van der Waals surface area contributed by atoms with Crippen LogP contribution >= 0.6 is 11.6 Å². The topological polar surface area (TPSA) is 172 Å². The molecule has 1 aliphatic rings. The van der Waals surface area contributed by atoms with Crippen molar-refractivity contribution in [1.29, 1.82) is 0 Å². The Morgan fingerprint density at radius 3 is 2.79 bits per heavy atom. The van der Waals surface area contributed by atoms with Gasteiger partial charge < -0.3 is 25.3 Å². The van der Waals surface area contributed by atoms with Crippen molar-refractivity contribution in [3.05, 3.63) is 65.3 Å². The smallest absolute Gasteiger partial charge is 0.411 e. The number of imidazole rings is 1. The number of fused-ring (bicyclic) bond motifs is 4. The summed E-state index contributed by atoms with van der Waals surface area (Å²) in [6.45, 7) is 1.37. The molecular formula is C28H29ClN10O4. The Balaban J connectivity index is 1.53. The second-order valence-electron chi connectivity index (χ2n) is 9.79. The molecule has 4 N–H and O–H groups in total. The molecule has 15 heteroatoms. The van der Waals surface area contributed by atoms with E-state index in [1.165, 1.54) is 24.2 Å². The molecular weight excluding hydrogens is 576 g/mol. The molecule has 1 aliphatic heterocycles. The number of H-pyrrole nitrogens is 1. The number of hydrogen-bond acceptors (Lipinski definition) is 9. The minimum atomic E-state index is -0.713. The van der Waals surface area contributed by atoms with E-state index >= 15 is 0 Å². The molecule has 2 aromatic carbocycles. The van der Waals surface area contributed by atoms with E-state index in [4.69, 9.17) is 16.3 Å². The Bertz CT molecular complexity index is 1670. The van der Waals surface area contributed by atoms with E-state index in [1.54, 1.807) is 42.6 Å². The lowest BCUT2D eigenvalue weighted by Crippen LogP contribution is -2.25. The van der Waals surface area contributed by atoms with Gasteiger partial charge in [0, 0.05) is 47.3 Å². The van der Waals surface area contributed by atoms with Gasteiger partial charge >= 0.3 is 6.09 Å². The van der Waals surface area contributed by atoms with Crippen LogP contribution in [0, 0.1) is 0 Å². The van der Waals surface area contributed by atoms with Crippen LogP contribution in [-0.2, 0) is 20.7 Å². The third kappa shape index (κ3) is 7.42. The van der Waals surface area contributed by atoms with Crippen molar-refractivity contribution in [3.63, 3.8) is 0 Å². The molecule has 0 spiro atoms. The predicted octanol–water partition coefficient (Wildman–Crippen LogP) is 3.74. The number of carbonyl (C=O) groups is 3. The van der Waals surface area contributed by atoms with E-state index in [0.717, 1.165) is 18.8 Å². The molecule has 0 aliphatic carbocycles. The zero-order valence-corrected chi connectivity index (χ0v) is 24.2. The molecule has 2 bridgehead atoms. The van der Waals surface area contributed by atoms with Gasteiger partial charge in [0.1, 0.15) is 12.2 Å². The van der Waals surface area contributed by atoms with E-state index in [0.29, 0.717) is 57.6 Å². The number of aromatic amines is 1. The molecule has 0 fully saturated rings. The van der Waals surface area contributed by atoms with E-state index in [1.807, 2.05) is 7.05 Å². The zero-order chi connectivity index (χ0) is 30.3. The summed E-state index contributed by atoms with van der Waals surface area (Å²) in [6, 6.07) is 8.28. The normalized spacial score (nSPS) is 14.2. The third-order valence-corrected chi connectivity index (χ3v) is 6.91. The Kier molecular flexibility index (Phi) is 9.08. The maximum absolute atomic E-state index is 13.3. The Morgan fingerprint density at radius 2 is 2.00 bits per heavy atom. The minimum Gasteiger partial charge on any atom is -0.453 e. The molecule has 4 aromatic rings. The molecule has 3 heterocycles. The molecule has 14 nitrogen and oxygen atoms in total. The number of rotatable bonds is 5. The Labute approximate surface area is 251 Å². The van der Waals surface area contributed by atoms with Crippen LogP contribution in [0.1, 0.15) is 24.2 Å². The maximum atomic E-state index is 13.3. The van der Waals surface area contributed by atoms with E-state index < -0.39 is 12.0 Å². The highest BCUT2D eigenvalue weighted by atomic mass is 35.5. The first kappa shape index (κ1) is 29.4. The van der Waals surface area contributed by atoms with Gasteiger partial charge in [0.2, 0.25) is 11.8 Å². The molecule has 43 heavy (non-hydrogen) atoms. The summed E-state index contributed by atoms with van der Waals surface area (Å²) < 4.78 is 6.21. The number of amides is 3. The third-order valence-electron chi connectivity index (χ3n) is 6.67. The lowest BCUT2D eigenvalue weighted by molar-refractivity contribution is -0.116. The fourth-order valence-corrected chi connectivity index (χ4v) is 4.78. The number of nitrogens with one attached hydrogen (secondary N) is 4. The summed E-state index contributed by atoms with van der Waals surface area (Å²) in [4.78, 5) is 48.3. The number of hydrogen-bond donors (Lipinski definition) is 4. The highest BCUT2D eigenvalue weighted by molar-refractivity contribution is 6.30. The fourth-order valence-electron chi connectivity index (χ4n) is 4.60. The molecule has 0 radical (unpaired) electrons. The highest BCUT2D eigenvalue weighted by Crippen LogP contribution is 2.38. The van der Waals surface area contributed by atoms with Crippen LogP contribution in [0.3, 0.4) is 0 Å². The van der Waals surface area contributed by atoms with Crippen LogP contribution in [0.2, 0.25) is 5.02 Å². The lowest BCUT2D eigenvalue weighted by atomic mass is 10.1. The number of anilines is 3. The average Bonchev–Trinajstić information content (AvgIpc) is 3.68. The molecule has 5 rings (SSSR count). The number of nitrogens with zero attached hydrogens (tertiary/aromatic N) is 6. The Morgan fingerprint density at radius 1 is 1.14 bits per heavy atom. The van der Waals surface area contributed by atoms with Crippen molar-refractivity contribution in [3.8, 4) is 16.9 Å². The summed E-state index contributed by atoms with van der Waals surface area (Å²) in [5, 5.41) is 20.1. The average molecular weight is 605 g/mol. The first-order valence-corrected chi connectivity index (χ1v) is 13.7. The van der Waals surface area contributed by atoms with Gasteiger partial charge in [-0.25, -0.2) is 9.78 Å². The summed E-state index contributed by atoms with van der Waals surface area (Å²) >= 11 is 6.21. The molecule has 222 valence electrons. The van der Waals surface area contributed by atoms with Crippen LogP contribution < -0.4 is 16.0 Å². The number of carbonyl (C=O) groups excluding carboxylic acids is 3. The van der Waals surface area contributed by atoms with Crippen molar-refractivity contribution >= 4 is 52.6 Å². The predicted molar refractivity (Wildman–Crippen MR) is 161 cm³/mol. The van der Waals surface area contributed by atoms with E-state index in [9.17, 15) is 14.4 Å². The number of aromatic nitrogens is 6. The summed E-state index contributed by atoms with van der Waals surface area (Å²) in [7, 11) is 3.20. The number of ether oxygens (including phenoxy) is 1. The van der Waals surface area contributed by atoms with Crippen LogP contribution in [0.15, 0.2) is 48.9 Å². The molecule has 3 amide bonds. The van der Waals surface area contributed by atoms with Gasteiger partial charge in [-0.3, -0.25) is 14.9 Å². The highest BCUT2D eigenvalue weighted by Gasteiger charge is 2.20. The monoisotopic (exact) mass is 604 g/mol. The van der Waals surface area contributed by atoms with Crippen molar-refractivity contribution < 1.29 is 19.1 Å². The van der Waals surface area contributed by atoms with Gasteiger partial charge in [-0.1, -0.05) is 11.6 Å². The van der Waals surface area contributed by atoms with Crippen LogP contribution in [0.25, 0.3) is 23.0 Å². The number of methoxy groups -OCH3 is 1. The second kappa shape index (κ2) is 13.3. The molecule has 2 aromatic heterocycles. The number of tetrazole rings is 1. The number of benzene rings is 2. The maximum Gasteiger partial charge on any atom is 0.411 e. The van der Waals surface area contributed by atoms with Gasteiger partial charge in [0.15, 0.2) is 0 Å². The van der Waals surface area contributed by atoms with Crippen molar-refractivity contribution in [1.82, 2.24) is 35.1 Å². The molecule has 0 unspecified atom stereocenters. The Hall–Kier alpha value is -5.08. The van der Waals surface area contributed by atoms with Crippen molar-refractivity contribution in [2.45, 2.75) is 19.3 Å². The van der Waals surface area contributed by atoms with Crippen molar-refractivity contribution in [2.75, 3.05) is 43.2 Å². The second-order valence-corrected chi connectivity index (χ2v) is 10.2. The summed E-state index contributed by atoms with van der Waals surface area (Å²) in [5.74, 6) is 0.0520. The largest absolute Gasteiger partial charge is 0.453 e. The van der Waals surface area contributed by atoms with Gasteiger partial charge in [-0.15, -0.1) is 5.10 Å². The molecule has 0 atom stereocenters. The van der Waals surface area contributed by atoms with Crippen LogP contribution in [0.5, 0.6) is 0 Å². The van der Waals surface area contributed by atoms with E-state index in [-0.39, 0.29) is 12.3 Å². The van der Waals surface area contributed by atoms with Gasteiger partial charge in [-0.2, -0.15) is 4.68 Å². The minimum absolute atomic E-state index is 0.226. The van der Waals surface area contributed by atoms with Gasteiger partial charge in [0.25, 0.3) is 0 Å². The first-order valence-electron chi connectivity index (χ1n) is 13.4. The summed E-state index contributed by atoms with van der Waals surface area (Å²) in [6.07, 6.45) is 7.09. The van der Waals surface area contributed by atoms with Gasteiger partial charge in [0.05, 0.1) is 36.1 Å². The van der Waals surface area contributed by atoms with Crippen LogP contribution in [-0.4, -0.2) is 80.2 Å². The first-order chi connectivity index (χ1) is 20.8. The lowest BCUT2D eigenvalue weighted by Gasteiger charge is -2.19. The van der Waals surface area contributed by atoms with Gasteiger partial charge in [-0.05, 0) is 66.8 Å². The standard InChI is InChI=1S/C28H29ClN10O4/c1-38-10-3-4-24-30-15-22(33-24)27-20(13-19(32-28(42)43-2)14-21(27)35-26(41)9-11-38)34-25(40)8-5-17-12-18(29)6-7-23(17)39-16-31-36-37-39/h5-8,12-16H,3-4,9-11H2,1-2H3,(H,30,33)(H,32,42)(H,34,40)(H,35,41). The summed E-state index contributed by atoms with van der Waals surface area (Å²) in [5.41, 5.74) is 3.26. The fraction of sp³-hybridized carbons (Fsp3) is 0.250. The molecule has 0 saturated carbocycles. The van der Waals surface area contributed by atoms with E-state index in [2.05, 4.69) is 46.3 Å². The zero-order valence-electron chi connectivity index (χ0n) is 23.4. The molecule has 0 saturated heterocycles. The SMILES string of the molecule is COC(=O)Nc1cc(NC(=O)C=Cc2cc(Cl)ccc2-n2cnnn2)c2c(c1)NC(=O)CCN(C)CCCc1ncc-2[nH]1. The number of aryl methyl sites for hydroxylation is 1. The van der Waals surface area contributed by atoms with Crippen molar-refractivity contribution in [2.24, 2.45) is 0 Å². The quantitative estimate of drug-likeness (QED) is 0.248.